The van der Waals surface area contributed by atoms with Crippen LogP contribution in [-0.4, -0.2) is 29.1 Å². The topological polar surface area (TPSA) is 58.6 Å². The van der Waals surface area contributed by atoms with Crippen molar-refractivity contribution in [3.05, 3.63) is 0 Å². The van der Waals surface area contributed by atoms with E-state index in [4.69, 9.17) is 5.11 Å². The molecule has 1 aliphatic rings. The van der Waals surface area contributed by atoms with E-state index < -0.39 is 6.16 Å². The maximum atomic E-state index is 9.88. The monoisotopic (exact) mass is 149 g/mol. The Morgan fingerprint density at radius 2 is 2.67 bits per heavy atom. The van der Waals surface area contributed by atoms with Gasteiger partial charge in [0, 0.05) is 11.6 Å². The quantitative estimate of drug-likeness (QED) is 0.525. The van der Waals surface area contributed by atoms with Gasteiger partial charge in [-0.2, -0.15) is 0 Å². The van der Waals surface area contributed by atoms with Crippen molar-refractivity contribution in [1.82, 2.24) is 5.32 Å². The summed E-state index contributed by atoms with van der Waals surface area (Å²) in [5.41, 5.74) is 0. The second-order valence-electron chi connectivity index (χ2n) is 1.59. The molecule has 0 radical (unpaired) electrons. The molecule has 1 rings (SSSR count). The first kappa shape index (κ1) is 6.70. The Morgan fingerprint density at radius 3 is 3.11 bits per heavy atom. The highest BCUT2D eigenvalue weighted by Crippen LogP contribution is 2.09. The zero-order valence-corrected chi connectivity index (χ0v) is 5.48. The summed E-state index contributed by atoms with van der Waals surface area (Å²) in [4.78, 5) is 9.88. The van der Waals surface area contributed by atoms with E-state index in [1.165, 1.54) is 0 Å². The number of nitrogens with one attached hydrogen (secondary N) is 1. The zero-order chi connectivity index (χ0) is 6.69. The molecular weight excluding hydrogens is 142 g/mol. The fourth-order valence-electron chi connectivity index (χ4n) is 0.574. The van der Waals surface area contributed by atoms with Crippen molar-refractivity contribution in [2.24, 2.45) is 0 Å². The Hall–Kier alpha value is -0.420. The lowest BCUT2D eigenvalue weighted by Crippen LogP contribution is -2.28. The van der Waals surface area contributed by atoms with Gasteiger partial charge < -0.3 is 9.84 Å². The molecule has 9 heavy (non-hydrogen) atoms. The van der Waals surface area contributed by atoms with Gasteiger partial charge in [0.25, 0.3) is 0 Å². The predicted octanol–water partition coefficient (Wildman–Crippen LogP) is 0.301. The minimum atomic E-state index is -1.21. The average molecular weight is 149 g/mol. The molecular formula is C4H7NO3S. The third-order valence-electron chi connectivity index (χ3n) is 0.925. The smallest absolute Gasteiger partial charge is 0.450 e. The lowest BCUT2D eigenvalue weighted by Gasteiger charge is -2.05. The lowest BCUT2D eigenvalue weighted by molar-refractivity contribution is 0.0525. The van der Waals surface area contributed by atoms with E-state index in [-0.39, 0.29) is 6.23 Å². The number of hydrogen-bond donors (Lipinski definition) is 2. The van der Waals surface area contributed by atoms with Crippen LogP contribution in [0.25, 0.3) is 0 Å². The molecule has 1 fully saturated rings. The lowest BCUT2D eigenvalue weighted by atomic mass is 10.7. The number of ether oxygens (including phenoxy) is 1. The molecule has 1 aliphatic heterocycles. The maximum Gasteiger partial charge on any atom is 0.507 e. The molecule has 2 N–H and O–H groups in total. The molecule has 1 atom stereocenters. The van der Waals surface area contributed by atoms with Gasteiger partial charge in [0.15, 0.2) is 6.23 Å². The first-order chi connectivity index (χ1) is 4.29. The van der Waals surface area contributed by atoms with Gasteiger partial charge in [0.1, 0.15) is 0 Å². The normalized spacial score (nSPS) is 26.0. The van der Waals surface area contributed by atoms with Gasteiger partial charge in [0.2, 0.25) is 0 Å². The molecule has 0 saturated carbocycles. The fraction of sp³-hybridized carbons (Fsp3) is 0.750. The Kier molecular flexibility index (Phi) is 2.18. The van der Waals surface area contributed by atoms with Crippen LogP contribution < -0.4 is 5.32 Å². The summed E-state index contributed by atoms with van der Waals surface area (Å²) in [7, 11) is 0. The summed E-state index contributed by atoms with van der Waals surface area (Å²) in [5, 5.41) is 11.0. The Morgan fingerprint density at radius 1 is 1.89 bits per heavy atom. The Labute approximate surface area is 56.6 Å². The van der Waals surface area contributed by atoms with E-state index >= 15 is 0 Å². The molecule has 0 aromatic rings. The third-order valence-corrected chi connectivity index (χ3v) is 1.83. The van der Waals surface area contributed by atoms with E-state index in [9.17, 15) is 4.79 Å². The number of thioether (sulfide) groups is 1. The maximum absolute atomic E-state index is 9.88. The van der Waals surface area contributed by atoms with Gasteiger partial charge in [-0.05, 0) is 0 Å². The first-order valence-corrected chi connectivity index (χ1v) is 3.65. The number of carboxylic acid groups (broad SMARTS) is 1. The zero-order valence-electron chi connectivity index (χ0n) is 4.66. The second kappa shape index (κ2) is 2.93. The van der Waals surface area contributed by atoms with Crippen molar-refractivity contribution in [2.45, 2.75) is 6.23 Å². The summed E-state index contributed by atoms with van der Waals surface area (Å²) in [6.07, 6.45) is -1.51. The summed E-state index contributed by atoms with van der Waals surface area (Å²) in [6, 6.07) is 0. The third kappa shape index (κ3) is 2.11. The van der Waals surface area contributed by atoms with Gasteiger partial charge >= 0.3 is 6.16 Å². The van der Waals surface area contributed by atoms with Gasteiger partial charge in [0.05, 0.1) is 0 Å². The van der Waals surface area contributed by atoms with Gasteiger partial charge in [-0.3, -0.25) is 5.32 Å². The van der Waals surface area contributed by atoms with Crippen LogP contribution >= 0.6 is 11.8 Å². The molecule has 1 saturated heterocycles. The highest BCUT2D eigenvalue weighted by atomic mass is 32.2. The molecule has 1 heterocycles. The van der Waals surface area contributed by atoms with E-state index in [0.717, 1.165) is 5.88 Å². The van der Waals surface area contributed by atoms with E-state index in [0.29, 0.717) is 5.75 Å². The van der Waals surface area contributed by atoms with Gasteiger partial charge in [-0.25, -0.2) is 4.79 Å². The van der Waals surface area contributed by atoms with Crippen molar-refractivity contribution >= 4 is 17.9 Å². The summed E-state index contributed by atoms with van der Waals surface area (Å²) in [5.74, 6) is 1.49. The van der Waals surface area contributed by atoms with Crippen LogP contribution in [0.5, 0.6) is 0 Å². The van der Waals surface area contributed by atoms with Crippen LogP contribution in [0.1, 0.15) is 0 Å². The summed E-state index contributed by atoms with van der Waals surface area (Å²) >= 11 is 1.62. The van der Waals surface area contributed by atoms with Gasteiger partial charge in [-0.15, -0.1) is 11.8 Å². The minimum absolute atomic E-state index is 0.299. The molecule has 0 amide bonds. The number of hydrogen-bond acceptors (Lipinski definition) is 4. The molecule has 4 nitrogen and oxygen atoms in total. The largest absolute Gasteiger partial charge is 0.507 e. The van der Waals surface area contributed by atoms with Crippen LogP contribution in [0.2, 0.25) is 0 Å². The van der Waals surface area contributed by atoms with E-state index in [2.05, 4.69) is 10.1 Å². The average Bonchev–Trinajstić information content (AvgIpc) is 2.15. The van der Waals surface area contributed by atoms with E-state index in [1.54, 1.807) is 11.8 Å². The van der Waals surface area contributed by atoms with Crippen molar-refractivity contribution < 1.29 is 14.6 Å². The van der Waals surface area contributed by atoms with Crippen LogP contribution in [-0.2, 0) is 4.74 Å². The number of carbonyl (C=O) groups is 1. The van der Waals surface area contributed by atoms with Crippen LogP contribution in [0.4, 0.5) is 4.79 Å². The minimum Gasteiger partial charge on any atom is -0.450 e. The van der Waals surface area contributed by atoms with Crippen molar-refractivity contribution in [3.8, 4) is 0 Å². The molecule has 0 bridgehead atoms. The SMILES string of the molecule is O=C(O)O[C@@H]1CSCN1. The fourth-order valence-corrected chi connectivity index (χ4v) is 1.40. The Bertz CT molecular complexity index is 112. The molecule has 0 unspecified atom stereocenters. The Balaban J connectivity index is 2.19. The van der Waals surface area contributed by atoms with E-state index in [1.807, 2.05) is 0 Å². The molecule has 52 valence electrons. The predicted molar refractivity (Wildman–Crippen MR) is 33.4 cm³/mol. The van der Waals surface area contributed by atoms with Crippen LogP contribution in [0.15, 0.2) is 0 Å². The molecule has 0 aliphatic carbocycles. The highest BCUT2D eigenvalue weighted by Gasteiger charge is 2.17. The molecule has 0 aromatic carbocycles. The van der Waals surface area contributed by atoms with Crippen molar-refractivity contribution in [3.63, 3.8) is 0 Å². The molecule has 0 aromatic heterocycles. The second-order valence-corrected chi connectivity index (χ2v) is 2.62. The standard InChI is InChI=1S/C4H7NO3S/c6-4(7)8-3-1-9-2-5-3/h3,5H,1-2H2,(H,6,7)/t3-/m1/s1. The summed E-state index contributed by atoms with van der Waals surface area (Å²) in [6.45, 7) is 0. The molecule has 0 spiro atoms. The highest BCUT2D eigenvalue weighted by molar-refractivity contribution is 7.99. The summed E-state index contributed by atoms with van der Waals surface area (Å²) < 4.78 is 4.40. The van der Waals surface area contributed by atoms with Crippen molar-refractivity contribution in [1.29, 1.82) is 0 Å². The number of rotatable bonds is 1. The van der Waals surface area contributed by atoms with Crippen LogP contribution in [0.3, 0.4) is 0 Å². The first-order valence-electron chi connectivity index (χ1n) is 2.50. The van der Waals surface area contributed by atoms with Crippen LogP contribution in [0, 0.1) is 0 Å². The van der Waals surface area contributed by atoms with Crippen molar-refractivity contribution in [2.75, 3.05) is 11.6 Å². The molecule has 5 heteroatoms. The van der Waals surface area contributed by atoms with Gasteiger partial charge in [-0.1, -0.05) is 0 Å².